The summed E-state index contributed by atoms with van der Waals surface area (Å²) in [5, 5.41) is 0.625. The number of halogens is 3. The molecule has 0 atom stereocenters. The second-order valence-corrected chi connectivity index (χ2v) is 6.48. The molecule has 6 heteroatoms. The van der Waals surface area contributed by atoms with E-state index < -0.39 is 0 Å². The maximum absolute atomic E-state index is 4.22. The third-order valence-corrected chi connectivity index (χ3v) is 4.93. The fourth-order valence-electron chi connectivity index (χ4n) is 0.713. The zero-order valence-corrected chi connectivity index (χ0v) is 12.8. The van der Waals surface area contributed by atoms with Crippen molar-refractivity contribution in [2.45, 2.75) is 25.0 Å². The average molecular weight is 393 g/mol. The molecule has 0 fully saturated rings. The summed E-state index contributed by atoms with van der Waals surface area (Å²) >= 11 is 12.1. The highest BCUT2D eigenvalue weighted by Gasteiger charge is 2.11. The molecule has 2 nitrogen and oxygen atoms in total. The minimum Gasteiger partial charge on any atom is -0.302 e. The zero-order valence-electron chi connectivity index (χ0n) is 7.22. The van der Waals surface area contributed by atoms with E-state index >= 15 is 0 Å². The second kappa shape index (κ2) is 5.19. The highest BCUT2D eigenvalue weighted by atomic mass is 79.9. The van der Waals surface area contributed by atoms with Crippen LogP contribution in [0.15, 0.2) is 13.9 Å². The van der Waals surface area contributed by atoms with Gasteiger partial charge in [0.1, 0.15) is 9.21 Å². The van der Waals surface area contributed by atoms with Gasteiger partial charge in [-0.2, -0.15) is 0 Å². The Hall–Kier alpha value is 1.000. The summed E-state index contributed by atoms with van der Waals surface area (Å²) in [6.07, 6.45) is 0. The van der Waals surface area contributed by atoms with Gasteiger partial charge in [-0.05, 0) is 47.8 Å². The van der Waals surface area contributed by atoms with Crippen LogP contribution in [0.4, 0.5) is 0 Å². The summed E-state index contributed by atoms with van der Waals surface area (Å²) in [6, 6.07) is 0. The molecule has 0 aromatic carbocycles. The normalized spacial score (nSPS) is 11.2. The Morgan fingerprint density at radius 1 is 1.38 bits per heavy atom. The highest BCUT2D eigenvalue weighted by Crippen LogP contribution is 2.29. The van der Waals surface area contributed by atoms with Crippen LogP contribution in [0.3, 0.4) is 0 Å². The molecule has 0 bridgehead atoms. The third kappa shape index (κ3) is 3.25. The predicted octanol–water partition coefficient (Wildman–Crippen LogP) is 4.27. The van der Waals surface area contributed by atoms with Gasteiger partial charge >= 0.3 is 0 Å². The Labute approximate surface area is 107 Å². The van der Waals surface area contributed by atoms with Crippen molar-refractivity contribution >= 4 is 59.6 Å². The Kier molecular flexibility index (Phi) is 4.82. The molecule has 0 unspecified atom stereocenters. The molecule has 0 saturated carbocycles. The lowest BCUT2D eigenvalue weighted by atomic mass is 10.6. The fraction of sp³-hybridized carbons (Fsp3) is 0.571. The lowest BCUT2D eigenvalue weighted by molar-refractivity contribution is 0.834. The van der Waals surface area contributed by atoms with E-state index in [1.54, 1.807) is 0 Å². The summed E-state index contributed by atoms with van der Waals surface area (Å²) in [6.45, 7) is 4.36. The number of thioether (sulfide) groups is 1. The summed E-state index contributed by atoms with van der Waals surface area (Å²) in [5.41, 5.74) is 0. The number of hydrogen-bond acceptors (Lipinski definition) is 2. The molecule has 1 aromatic rings. The van der Waals surface area contributed by atoms with Gasteiger partial charge < -0.3 is 4.57 Å². The van der Waals surface area contributed by atoms with Crippen LogP contribution in [0.25, 0.3) is 0 Å². The first-order valence-corrected chi connectivity index (χ1v) is 7.13. The Morgan fingerprint density at radius 3 is 2.38 bits per heavy atom. The SMILES string of the molecule is CC(C)SCn1c(Br)nc(Br)c1Br. The summed E-state index contributed by atoms with van der Waals surface area (Å²) in [5.74, 6) is 0.900. The molecule has 0 spiro atoms. The van der Waals surface area contributed by atoms with Crippen LogP contribution in [-0.2, 0) is 5.88 Å². The molecule has 0 aliphatic carbocycles. The topological polar surface area (TPSA) is 17.8 Å². The molecule has 0 amide bonds. The van der Waals surface area contributed by atoms with E-state index in [0.29, 0.717) is 5.25 Å². The smallest absolute Gasteiger partial charge is 0.179 e. The van der Waals surface area contributed by atoms with Gasteiger partial charge in [0.25, 0.3) is 0 Å². The first-order chi connectivity index (χ1) is 6.02. The quantitative estimate of drug-likeness (QED) is 0.764. The van der Waals surface area contributed by atoms with E-state index in [4.69, 9.17) is 0 Å². The van der Waals surface area contributed by atoms with Crippen molar-refractivity contribution in [3.63, 3.8) is 0 Å². The van der Waals surface area contributed by atoms with Crippen molar-refractivity contribution in [2.24, 2.45) is 0 Å². The van der Waals surface area contributed by atoms with Crippen molar-refractivity contribution in [3.8, 4) is 0 Å². The molecule has 0 aliphatic heterocycles. The van der Waals surface area contributed by atoms with E-state index in [-0.39, 0.29) is 0 Å². The molecule has 0 aliphatic rings. The molecule has 1 heterocycles. The third-order valence-electron chi connectivity index (χ3n) is 1.36. The number of aromatic nitrogens is 2. The summed E-state index contributed by atoms with van der Waals surface area (Å²) < 4.78 is 4.73. The van der Waals surface area contributed by atoms with Crippen molar-refractivity contribution < 1.29 is 0 Å². The van der Waals surface area contributed by atoms with Crippen molar-refractivity contribution in [3.05, 3.63) is 13.9 Å². The van der Waals surface area contributed by atoms with Crippen molar-refractivity contribution in [1.82, 2.24) is 9.55 Å². The number of rotatable bonds is 3. The lowest BCUT2D eigenvalue weighted by Crippen LogP contribution is -1.98. The summed E-state index contributed by atoms with van der Waals surface area (Å²) in [4.78, 5) is 4.22. The van der Waals surface area contributed by atoms with Gasteiger partial charge in [0.05, 0.1) is 5.88 Å². The summed E-state index contributed by atoms with van der Waals surface area (Å²) in [7, 11) is 0. The Balaban J connectivity index is 2.76. The number of imidazole rings is 1. The van der Waals surface area contributed by atoms with E-state index in [0.717, 1.165) is 19.8 Å². The molecule has 0 radical (unpaired) electrons. The van der Waals surface area contributed by atoms with Gasteiger partial charge in [0.15, 0.2) is 4.73 Å². The maximum atomic E-state index is 4.22. The molecule has 1 rings (SSSR count). The monoisotopic (exact) mass is 390 g/mol. The molecule has 0 N–H and O–H groups in total. The molecule has 0 saturated heterocycles. The number of nitrogens with zero attached hydrogens (tertiary/aromatic N) is 2. The van der Waals surface area contributed by atoms with Crippen molar-refractivity contribution in [1.29, 1.82) is 0 Å². The zero-order chi connectivity index (χ0) is 10.0. The number of hydrogen-bond donors (Lipinski definition) is 0. The first kappa shape index (κ1) is 12.1. The molecular formula is C7H9Br3N2S. The van der Waals surface area contributed by atoms with Gasteiger partial charge in [-0.3, -0.25) is 0 Å². The molecular weight excluding hydrogens is 384 g/mol. The van der Waals surface area contributed by atoms with E-state index in [1.807, 2.05) is 11.8 Å². The fourth-order valence-corrected chi connectivity index (χ4v) is 3.46. The predicted molar refractivity (Wildman–Crippen MR) is 68.1 cm³/mol. The highest BCUT2D eigenvalue weighted by molar-refractivity contribution is 9.13. The van der Waals surface area contributed by atoms with Crippen molar-refractivity contribution in [2.75, 3.05) is 0 Å². The van der Waals surface area contributed by atoms with Gasteiger partial charge in [-0.15, -0.1) is 11.8 Å². The minimum atomic E-state index is 0.625. The van der Waals surface area contributed by atoms with Crippen LogP contribution < -0.4 is 0 Å². The molecule has 74 valence electrons. The van der Waals surface area contributed by atoms with Crippen LogP contribution in [0.2, 0.25) is 0 Å². The van der Waals surface area contributed by atoms with Gasteiger partial charge in [-0.25, -0.2) is 4.98 Å². The molecule has 13 heavy (non-hydrogen) atoms. The van der Waals surface area contributed by atoms with Crippen LogP contribution in [0.5, 0.6) is 0 Å². The van der Waals surface area contributed by atoms with Gasteiger partial charge in [0.2, 0.25) is 0 Å². The van der Waals surface area contributed by atoms with E-state index in [1.165, 1.54) is 0 Å². The average Bonchev–Trinajstić information content (AvgIpc) is 2.24. The minimum absolute atomic E-state index is 0.625. The van der Waals surface area contributed by atoms with E-state index in [9.17, 15) is 0 Å². The van der Waals surface area contributed by atoms with Crippen LogP contribution in [0.1, 0.15) is 13.8 Å². The largest absolute Gasteiger partial charge is 0.302 e. The molecule has 1 aromatic heterocycles. The maximum Gasteiger partial charge on any atom is 0.179 e. The standard InChI is InChI=1S/C7H9Br3N2S/c1-4(2)13-3-12-6(9)5(8)11-7(12)10/h4H,3H2,1-2H3. The Bertz CT molecular complexity index is 298. The van der Waals surface area contributed by atoms with Crippen LogP contribution in [-0.4, -0.2) is 14.8 Å². The lowest BCUT2D eigenvalue weighted by Gasteiger charge is -2.07. The van der Waals surface area contributed by atoms with Crippen LogP contribution >= 0.6 is 59.6 Å². The Morgan fingerprint density at radius 2 is 2.00 bits per heavy atom. The van der Waals surface area contributed by atoms with Gasteiger partial charge in [-0.1, -0.05) is 13.8 Å². The van der Waals surface area contributed by atoms with Crippen LogP contribution in [0, 0.1) is 0 Å². The first-order valence-electron chi connectivity index (χ1n) is 3.71. The van der Waals surface area contributed by atoms with Gasteiger partial charge in [0, 0.05) is 5.25 Å². The second-order valence-electron chi connectivity index (χ2n) is 2.74. The van der Waals surface area contributed by atoms with E-state index in [2.05, 4.69) is 71.2 Å².